The van der Waals surface area contributed by atoms with Crippen LogP contribution in [0.25, 0.3) is 11.0 Å². The Labute approximate surface area is 123 Å². The van der Waals surface area contributed by atoms with Gasteiger partial charge in [-0.3, -0.25) is 4.79 Å². The third-order valence-electron chi connectivity index (χ3n) is 3.22. The Morgan fingerprint density at radius 3 is 2.95 bits per heavy atom. The van der Waals surface area contributed by atoms with Crippen LogP contribution in [-0.2, 0) is 11.3 Å². The average Bonchev–Trinajstić information content (AvgIpc) is 3.14. The van der Waals surface area contributed by atoms with Crippen LogP contribution in [0.2, 0.25) is 5.02 Å². The highest BCUT2D eigenvalue weighted by Crippen LogP contribution is 2.35. The quantitative estimate of drug-likeness (QED) is 0.859. The normalized spacial score (nSPS) is 14.9. The molecule has 0 bridgehead atoms. The largest absolute Gasteiger partial charge is 0.481 e. The van der Waals surface area contributed by atoms with Crippen molar-refractivity contribution < 1.29 is 14.3 Å². The number of carboxylic acid groups (broad SMARTS) is 1. The number of imidazole rings is 1. The molecule has 0 amide bonds. The maximum absolute atomic E-state index is 13.5. The zero-order valence-electron chi connectivity index (χ0n) is 10.5. The lowest BCUT2D eigenvalue weighted by molar-refractivity contribution is -0.133. The van der Waals surface area contributed by atoms with Crippen LogP contribution in [0, 0.1) is 11.7 Å². The van der Waals surface area contributed by atoms with Crippen molar-refractivity contribution in [3.05, 3.63) is 23.0 Å². The fourth-order valence-electron chi connectivity index (χ4n) is 2.07. The second-order valence-electron chi connectivity index (χ2n) is 4.89. The molecule has 3 rings (SSSR count). The molecular formula is C13H12ClFN2O2S. The van der Waals surface area contributed by atoms with E-state index < -0.39 is 11.8 Å². The first-order valence-electron chi connectivity index (χ1n) is 6.24. The SMILES string of the molecule is O=C(O)CSc1nc2cc(F)c(Cl)cc2n1CC1CC1. The molecule has 1 aliphatic rings. The first-order chi connectivity index (χ1) is 9.54. The van der Waals surface area contributed by atoms with Crippen molar-refractivity contribution in [1.29, 1.82) is 0 Å². The first kappa shape index (κ1) is 13.7. The summed E-state index contributed by atoms with van der Waals surface area (Å²) in [4.78, 5) is 15.0. The van der Waals surface area contributed by atoms with E-state index in [0.717, 1.165) is 36.7 Å². The summed E-state index contributed by atoms with van der Waals surface area (Å²) in [5.41, 5.74) is 1.27. The third-order valence-corrected chi connectivity index (χ3v) is 4.47. The minimum atomic E-state index is -0.899. The average molecular weight is 315 g/mol. The number of nitrogens with zero attached hydrogens (tertiary/aromatic N) is 2. The zero-order chi connectivity index (χ0) is 14.3. The number of aliphatic carboxylic acids is 1. The van der Waals surface area contributed by atoms with Crippen LogP contribution in [-0.4, -0.2) is 26.4 Å². The van der Waals surface area contributed by atoms with E-state index in [9.17, 15) is 9.18 Å². The Morgan fingerprint density at radius 2 is 2.30 bits per heavy atom. The summed E-state index contributed by atoms with van der Waals surface area (Å²) >= 11 is 6.98. The molecule has 1 aromatic heterocycles. The van der Waals surface area contributed by atoms with E-state index in [0.29, 0.717) is 16.6 Å². The highest BCUT2D eigenvalue weighted by atomic mass is 35.5. The highest BCUT2D eigenvalue weighted by Gasteiger charge is 2.25. The molecule has 4 nitrogen and oxygen atoms in total. The molecule has 0 radical (unpaired) electrons. The van der Waals surface area contributed by atoms with Crippen LogP contribution in [0.15, 0.2) is 17.3 Å². The number of fused-ring (bicyclic) bond motifs is 1. The molecule has 0 aliphatic heterocycles. The van der Waals surface area contributed by atoms with Crippen molar-refractivity contribution in [3.8, 4) is 0 Å². The topological polar surface area (TPSA) is 55.1 Å². The maximum Gasteiger partial charge on any atom is 0.313 e. The number of rotatable bonds is 5. The van der Waals surface area contributed by atoms with E-state index in [-0.39, 0.29) is 10.8 Å². The summed E-state index contributed by atoms with van der Waals surface area (Å²) in [7, 11) is 0. The summed E-state index contributed by atoms with van der Waals surface area (Å²) in [6.07, 6.45) is 2.33. The Bertz CT molecular complexity index is 685. The summed E-state index contributed by atoms with van der Waals surface area (Å²) in [6.45, 7) is 0.778. The van der Waals surface area contributed by atoms with Gasteiger partial charge in [-0.05, 0) is 24.8 Å². The number of hydrogen-bond donors (Lipinski definition) is 1. The Kier molecular flexibility index (Phi) is 3.60. The Balaban J connectivity index is 2.03. The molecule has 0 atom stereocenters. The molecule has 106 valence electrons. The number of hydrogen-bond acceptors (Lipinski definition) is 3. The fourth-order valence-corrected chi connectivity index (χ4v) is 2.97. The number of carboxylic acids is 1. The van der Waals surface area contributed by atoms with Gasteiger partial charge in [0.25, 0.3) is 0 Å². The number of carbonyl (C=O) groups is 1. The van der Waals surface area contributed by atoms with Crippen molar-refractivity contribution >= 4 is 40.4 Å². The van der Waals surface area contributed by atoms with E-state index in [1.54, 1.807) is 6.07 Å². The number of benzene rings is 1. The first-order valence-corrected chi connectivity index (χ1v) is 7.61. The second kappa shape index (κ2) is 5.26. The van der Waals surface area contributed by atoms with Crippen LogP contribution < -0.4 is 0 Å². The fraction of sp³-hybridized carbons (Fsp3) is 0.385. The van der Waals surface area contributed by atoms with Gasteiger partial charge in [0, 0.05) is 12.6 Å². The molecule has 7 heteroatoms. The number of thioether (sulfide) groups is 1. The van der Waals surface area contributed by atoms with Crippen molar-refractivity contribution in [2.45, 2.75) is 24.5 Å². The van der Waals surface area contributed by atoms with Gasteiger partial charge in [-0.2, -0.15) is 0 Å². The standard InChI is InChI=1S/C13H12ClFN2O2S/c14-8-3-11-10(4-9(8)15)16-13(20-6-12(18)19)17(11)5-7-1-2-7/h3-4,7H,1-2,5-6H2,(H,18,19). The lowest BCUT2D eigenvalue weighted by Crippen LogP contribution is -2.04. The molecule has 0 unspecified atom stereocenters. The van der Waals surface area contributed by atoms with Crippen molar-refractivity contribution in [3.63, 3.8) is 0 Å². The van der Waals surface area contributed by atoms with Gasteiger partial charge in [-0.15, -0.1) is 0 Å². The molecular weight excluding hydrogens is 303 g/mol. The lowest BCUT2D eigenvalue weighted by Gasteiger charge is -2.07. The molecule has 0 spiro atoms. The molecule has 1 saturated carbocycles. The molecule has 1 aliphatic carbocycles. The van der Waals surface area contributed by atoms with E-state index in [2.05, 4.69) is 4.98 Å². The van der Waals surface area contributed by atoms with Crippen LogP contribution in [0.3, 0.4) is 0 Å². The predicted molar refractivity (Wildman–Crippen MR) is 75.8 cm³/mol. The summed E-state index contributed by atoms with van der Waals surface area (Å²) < 4.78 is 15.4. The number of aromatic nitrogens is 2. The van der Waals surface area contributed by atoms with Gasteiger partial charge in [0.2, 0.25) is 0 Å². The maximum atomic E-state index is 13.5. The zero-order valence-corrected chi connectivity index (χ0v) is 12.0. The second-order valence-corrected chi connectivity index (χ2v) is 6.24. The van der Waals surface area contributed by atoms with Crippen LogP contribution >= 0.6 is 23.4 Å². The lowest BCUT2D eigenvalue weighted by atomic mass is 10.3. The van der Waals surface area contributed by atoms with Crippen LogP contribution in [0.5, 0.6) is 0 Å². The summed E-state index contributed by atoms with van der Waals surface area (Å²) in [5, 5.41) is 9.45. The molecule has 1 N–H and O–H groups in total. The predicted octanol–water partition coefficient (Wildman–Crippen LogP) is 3.42. The molecule has 0 saturated heterocycles. The number of halogens is 2. The van der Waals surface area contributed by atoms with Gasteiger partial charge < -0.3 is 9.67 Å². The third kappa shape index (κ3) is 2.76. The van der Waals surface area contributed by atoms with Crippen molar-refractivity contribution in [1.82, 2.24) is 9.55 Å². The van der Waals surface area contributed by atoms with Crippen molar-refractivity contribution in [2.75, 3.05) is 5.75 Å². The van der Waals surface area contributed by atoms with E-state index >= 15 is 0 Å². The minimum absolute atomic E-state index is 0.0595. The van der Waals surface area contributed by atoms with E-state index in [1.807, 2.05) is 4.57 Å². The monoisotopic (exact) mass is 314 g/mol. The van der Waals surface area contributed by atoms with Gasteiger partial charge in [0.15, 0.2) is 5.16 Å². The van der Waals surface area contributed by atoms with Gasteiger partial charge in [0.1, 0.15) is 5.82 Å². The smallest absolute Gasteiger partial charge is 0.313 e. The molecule has 1 aromatic carbocycles. The molecule has 20 heavy (non-hydrogen) atoms. The summed E-state index contributed by atoms with van der Waals surface area (Å²) in [6, 6.07) is 2.86. The van der Waals surface area contributed by atoms with E-state index in [4.69, 9.17) is 16.7 Å². The highest BCUT2D eigenvalue weighted by molar-refractivity contribution is 7.99. The van der Waals surface area contributed by atoms with Gasteiger partial charge in [0.05, 0.1) is 21.8 Å². The van der Waals surface area contributed by atoms with Gasteiger partial charge in [-0.25, -0.2) is 9.37 Å². The Morgan fingerprint density at radius 1 is 1.55 bits per heavy atom. The minimum Gasteiger partial charge on any atom is -0.481 e. The van der Waals surface area contributed by atoms with Crippen LogP contribution in [0.4, 0.5) is 4.39 Å². The summed E-state index contributed by atoms with van der Waals surface area (Å²) in [5.74, 6) is -0.876. The van der Waals surface area contributed by atoms with Crippen molar-refractivity contribution in [2.24, 2.45) is 5.92 Å². The Hall–Kier alpha value is -1.27. The van der Waals surface area contributed by atoms with Crippen LogP contribution in [0.1, 0.15) is 12.8 Å². The molecule has 1 heterocycles. The molecule has 1 fully saturated rings. The van der Waals surface area contributed by atoms with E-state index in [1.165, 1.54) is 6.07 Å². The van der Waals surface area contributed by atoms with Gasteiger partial charge in [-0.1, -0.05) is 23.4 Å². The molecule has 2 aromatic rings. The van der Waals surface area contributed by atoms with Gasteiger partial charge >= 0.3 is 5.97 Å².